The molecule has 2 unspecified atom stereocenters. The van der Waals surface area contributed by atoms with Gasteiger partial charge in [-0.2, -0.15) is 0 Å². The molecule has 0 aliphatic rings. The number of quaternary nitrogens is 1. The number of rotatable bonds is 31. The van der Waals surface area contributed by atoms with Crippen molar-refractivity contribution >= 4 is 13.8 Å². The molecule has 2 atom stereocenters. The van der Waals surface area contributed by atoms with Crippen molar-refractivity contribution in [1.29, 1.82) is 0 Å². The summed E-state index contributed by atoms with van der Waals surface area (Å²) in [6.07, 6.45) is 42.7. The molecule has 274 valence electrons. The Balaban J connectivity index is 3.88. The predicted octanol–water partition coefficient (Wildman–Crippen LogP) is 9.76. The number of phosphoric acid groups is 1. The SMILES string of the molecule is CC/C=C\C/C=C\C/C=C\C/C=C\C/C=C\C/C=C\C/C=C\CCCCCCOCC(COP(=O)(O)OCC[N+](C)(C)C)OC(=O)CC. The maximum Gasteiger partial charge on any atom is 0.472 e. The number of ether oxygens (including phenoxy) is 2. The van der Waals surface area contributed by atoms with E-state index >= 15 is 0 Å². The third-order valence-electron chi connectivity index (χ3n) is 6.78. The first-order valence-corrected chi connectivity index (χ1v) is 19.3. The van der Waals surface area contributed by atoms with Gasteiger partial charge in [0.2, 0.25) is 0 Å². The third kappa shape index (κ3) is 35.0. The zero-order valence-electron chi connectivity index (χ0n) is 30.7. The molecule has 0 rings (SSSR count). The van der Waals surface area contributed by atoms with E-state index in [0.29, 0.717) is 17.6 Å². The molecule has 0 heterocycles. The van der Waals surface area contributed by atoms with Crippen molar-refractivity contribution < 1.29 is 37.3 Å². The van der Waals surface area contributed by atoms with Crippen molar-refractivity contribution in [3.05, 3.63) is 85.1 Å². The Labute approximate surface area is 293 Å². The first kappa shape index (κ1) is 45.7. The van der Waals surface area contributed by atoms with Crippen molar-refractivity contribution in [3.63, 3.8) is 0 Å². The van der Waals surface area contributed by atoms with E-state index in [1.54, 1.807) is 6.92 Å². The molecule has 0 amide bonds. The average Bonchev–Trinajstić information content (AvgIpc) is 3.04. The lowest BCUT2D eigenvalue weighted by Crippen LogP contribution is -2.37. The number of unbranched alkanes of at least 4 members (excludes halogenated alkanes) is 4. The standard InChI is InChI=1S/C39H66NO7P/c1-6-8-9-10-11-12-13-14-15-16-17-18-19-20-21-22-23-24-25-26-27-28-29-30-31-32-34-44-36-38(47-39(41)7-2)37-46-48(42,43)45-35-33-40(3,4)5/h8-9,11-12,14-15,17-18,20-21,23-24,26-27,38H,6-7,10,13,16,19,22,25,28-37H2,1-5H3/p+1/b9-8-,12-11-,15-14-,18-17-,21-20-,24-23-,27-26-. The summed E-state index contributed by atoms with van der Waals surface area (Å²) >= 11 is 0. The summed E-state index contributed by atoms with van der Waals surface area (Å²) in [4.78, 5) is 21.7. The van der Waals surface area contributed by atoms with Crippen molar-refractivity contribution in [3.8, 4) is 0 Å². The fraction of sp³-hybridized carbons (Fsp3) is 0.615. The number of carbonyl (C=O) groups is 1. The Morgan fingerprint density at radius 1 is 0.646 bits per heavy atom. The molecule has 0 aliphatic carbocycles. The number of likely N-dealkylation sites (N-methyl/N-ethyl adjacent to an activating group) is 1. The molecule has 9 heteroatoms. The van der Waals surface area contributed by atoms with Crippen molar-refractivity contribution in [1.82, 2.24) is 0 Å². The zero-order valence-corrected chi connectivity index (χ0v) is 31.6. The Bertz CT molecular complexity index is 1040. The van der Waals surface area contributed by atoms with Gasteiger partial charge in [0.05, 0.1) is 34.4 Å². The number of allylic oxidation sites excluding steroid dienone is 14. The highest BCUT2D eigenvalue weighted by Gasteiger charge is 2.26. The van der Waals surface area contributed by atoms with Gasteiger partial charge < -0.3 is 18.9 Å². The highest BCUT2D eigenvalue weighted by molar-refractivity contribution is 7.47. The van der Waals surface area contributed by atoms with Crippen LogP contribution < -0.4 is 0 Å². The van der Waals surface area contributed by atoms with Crippen LogP contribution in [0.25, 0.3) is 0 Å². The summed E-state index contributed by atoms with van der Waals surface area (Å²) in [5.74, 6) is -0.417. The lowest BCUT2D eigenvalue weighted by molar-refractivity contribution is -0.870. The van der Waals surface area contributed by atoms with Crippen LogP contribution in [0.2, 0.25) is 0 Å². The van der Waals surface area contributed by atoms with Crippen LogP contribution in [-0.2, 0) is 27.9 Å². The normalized spacial score (nSPS) is 15.0. The van der Waals surface area contributed by atoms with E-state index in [9.17, 15) is 14.3 Å². The van der Waals surface area contributed by atoms with Gasteiger partial charge in [0.25, 0.3) is 0 Å². The highest BCUT2D eigenvalue weighted by Crippen LogP contribution is 2.43. The van der Waals surface area contributed by atoms with Gasteiger partial charge in [-0.05, 0) is 64.2 Å². The van der Waals surface area contributed by atoms with Crippen LogP contribution in [0.5, 0.6) is 0 Å². The Kier molecular flexibility index (Phi) is 30.4. The fourth-order valence-electron chi connectivity index (χ4n) is 3.98. The van der Waals surface area contributed by atoms with Crippen molar-refractivity contribution in [2.24, 2.45) is 0 Å². The monoisotopic (exact) mass is 692 g/mol. The fourth-order valence-corrected chi connectivity index (χ4v) is 4.72. The van der Waals surface area contributed by atoms with Crippen LogP contribution in [0.3, 0.4) is 0 Å². The van der Waals surface area contributed by atoms with Gasteiger partial charge in [-0.1, -0.05) is 112 Å². The van der Waals surface area contributed by atoms with E-state index in [1.165, 1.54) is 0 Å². The minimum Gasteiger partial charge on any atom is -0.457 e. The number of phosphoric ester groups is 1. The molecule has 1 N–H and O–H groups in total. The predicted molar refractivity (Wildman–Crippen MR) is 201 cm³/mol. The van der Waals surface area contributed by atoms with Crippen molar-refractivity contribution in [2.45, 2.75) is 103 Å². The smallest absolute Gasteiger partial charge is 0.457 e. The molecular weight excluding hydrogens is 625 g/mol. The van der Waals surface area contributed by atoms with Gasteiger partial charge >= 0.3 is 13.8 Å². The minimum absolute atomic E-state index is 0.0759. The van der Waals surface area contributed by atoms with Gasteiger partial charge in [0.15, 0.2) is 0 Å². The molecule has 0 fully saturated rings. The molecule has 0 aromatic carbocycles. The van der Waals surface area contributed by atoms with Gasteiger partial charge in [0, 0.05) is 13.0 Å². The summed E-state index contributed by atoms with van der Waals surface area (Å²) in [6.45, 7) is 4.82. The summed E-state index contributed by atoms with van der Waals surface area (Å²) in [5, 5.41) is 0. The molecule has 0 bridgehead atoms. The molecule has 0 aromatic rings. The quantitative estimate of drug-likeness (QED) is 0.0254. The highest BCUT2D eigenvalue weighted by atomic mass is 31.2. The van der Waals surface area contributed by atoms with Gasteiger partial charge in [-0.25, -0.2) is 4.57 Å². The second-order valence-electron chi connectivity index (χ2n) is 12.5. The number of esters is 1. The summed E-state index contributed by atoms with van der Waals surface area (Å²) in [7, 11) is 1.62. The number of carbonyl (C=O) groups excluding carboxylic acids is 1. The Morgan fingerprint density at radius 3 is 1.60 bits per heavy atom. The van der Waals surface area contributed by atoms with Gasteiger partial charge in [-0.3, -0.25) is 13.8 Å². The molecule has 0 spiro atoms. The largest absolute Gasteiger partial charge is 0.472 e. The summed E-state index contributed by atoms with van der Waals surface area (Å²) in [5.41, 5.74) is 0. The van der Waals surface area contributed by atoms with E-state index in [-0.39, 0.29) is 26.2 Å². The zero-order chi connectivity index (χ0) is 35.6. The molecule has 48 heavy (non-hydrogen) atoms. The Morgan fingerprint density at radius 2 is 1.12 bits per heavy atom. The minimum atomic E-state index is -4.25. The lowest BCUT2D eigenvalue weighted by atomic mass is 10.1. The molecule has 0 saturated carbocycles. The van der Waals surface area contributed by atoms with E-state index in [1.807, 2.05) is 21.1 Å². The van der Waals surface area contributed by atoms with Crippen LogP contribution in [0, 0.1) is 0 Å². The summed E-state index contributed by atoms with van der Waals surface area (Å²) in [6, 6.07) is 0. The van der Waals surface area contributed by atoms with Crippen LogP contribution >= 0.6 is 7.82 Å². The lowest BCUT2D eigenvalue weighted by Gasteiger charge is -2.24. The molecular formula is C39H67NO7P+. The topological polar surface area (TPSA) is 91.3 Å². The number of nitrogens with zero attached hydrogens (tertiary/aromatic N) is 1. The molecule has 0 saturated heterocycles. The van der Waals surface area contributed by atoms with Crippen LogP contribution in [0.4, 0.5) is 0 Å². The molecule has 0 aromatic heterocycles. The number of hydrogen-bond acceptors (Lipinski definition) is 6. The average molecular weight is 693 g/mol. The second kappa shape index (κ2) is 31.9. The van der Waals surface area contributed by atoms with E-state index < -0.39 is 19.9 Å². The third-order valence-corrected chi connectivity index (χ3v) is 7.76. The van der Waals surface area contributed by atoms with Crippen molar-refractivity contribution in [2.75, 3.05) is 54.1 Å². The first-order chi connectivity index (χ1) is 23.1. The second-order valence-corrected chi connectivity index (χ2v) is 13.9. The maximum absolute atomic E-state index is 12.2. The van der Waals surface area contributed by atoms with Crippen LogP contribution in [0.15, 0.2) is 85.1 Å². The van der Waals surface area contributed by atoms with Crippen LogP contribution in [-0.4, -0.2) is 75.6 Å². The van der Waals surface area contributed by atoms with Crippen LogP contribution in [0.1, 0.15) is 97.3 Å². The first-order valence-electron chi connectivity index (χ1n) is 17.8. The van der Waals surface area contributed by atoms with E-state index in [0.717, 1.165) is 77.0 Å². The van der Waals surface area contributed by atoms with E-state index in [2.05, 4.69) is 92.0 Å². The maximum atomic E-state index is 12.2. The molecule has 8 nitrogen and oxygen atoms in total. The van der Waals surface area contributed by atoms with Gasteiger partial charge in [0.1, 0.15) is 19.3 Å². The Hall–Kier alpha value is -2.32. The molecule has 0 aliphatic heterocycles. The van der Waals surface area contributed by atoms with E-state index in [4.69, 9.17) is 18.5 Å². The number of hydrogen-bond donors (Lipinski definition) is 1. The summed E-state index contributed by atoms with van der Waals surface area (Å²) < 4.78 is 33.8. The van der Waals surface area contributed by atoms with Gasteiger partial charge in [-0.15, -0.1) is 0 Å². The molecule has 0 radical (unpaired) electrons.